The average Bonchev–Trinajstić information content (AvgIpc) is 1.72. The van der Waals surface area contributed by atoms with Crippen molar-refractivity contribution in [3.8, 4) is 11.5 Å². The molecule has 8 nitrogen and oxygen atoms in total. The van der Waals surface area contributed by atoms with Crippen molar-refractivity contribution in [2.75, 3.05) is 13.2 Å². The van der Waals surface area contributed by atoms with Gasteiger partial charge in [0.15, 0.2) is 0 Å². The van der Waals surface area contributed by atoms with Crippen LogP contribution in [0, 0.1) is 23.7 Å². The van der Waals surface area contributed by atoms with Crippen LogP contribution in [0.3, 0.4) is 0 Å². The SMILES string of the molecule is CCOc1ccc(Cc2cc([C@@H]3C(=O)[C@H](CC)[C@@H](C)[C@H](OCc4ccccc4)[C@H]3OCc3ccccc3)ccc2Cl)cc1.CCOc1ccc(Cc2cc([C@@H]3[C@@H](O)[C@H](CC)[C@@H](C)[C@H](OCc4ccccc4)[C@H]3OCc3ccccc3)ccc2Cl)cc1. The lowest BCUT2D eigenvalue weighted by Crippen LogP contribution is -2.55. The molecule has 0 aliphatic heterocycles. The molecule has 450 valence electrons. The van der Waals surface area contributed by atoms with Crippen molar-refractivity contribution in [2.45, 2.75) is 136 Å². The van der Waals surface area contributed by atoms with Crippen molar-refractivity contribution in [3.63, 3.8) is 0 Å². The summed E-state index contributed by atoms with van der Waals surface area (Å²) in [5.74, 6) is 1.21. The summed E-state index contributed by atoms with van der Waals surface area (Å²) in [5, 5.41) is 13.4. The first-order chi connectivity index (χ1) is 42.0. The zero-order chi connectivity index (χ0) is 60.4. The smallest absolute Gasteiger partial charge is 0.146 e. The predicted octanol–water partition coefficient (Wildman–Crippen LogP) is 17.4. The first-order valence-electron chi connectivity index (χ1n) is 30.8. The second-order valence-corrected chi connectivity index (χ2v) is 23.8. The van der Waals surface area contributed by atoms with Crippen molar-refractivity contribution >= 4 is 29.0 Å². The molecular weight excluding hydrogens is 1110 g/mol. The lowest BCUT2D eigenvalue weighted by molar-refractivity contribution is -0.178. The van der Waals surface area contributed by atoms with Gasteiger partial charge in [0.2, 0.25) is 0 Å². The molecule has 1 N–H and O–H groups in total. The molecule has 0 unspecified atom stereocenters. The van der Waals surface area contributed by atoms with Gasteiger partial charge in [-0.3, -0.25) is 4.79 Å². The third kappa shape index (κ3) is 16.5. The molecule has 0 spiro atoms. The van der Waals surface area contributed by atoms with Crippen molar-refractivity contribution in [3.05, 3.63) is 272 Å². The van der Waals surface area contributed by atoms with Crippen LogP contribution in [0.15, 0.2) is 206 Å². The Morgan fingerprint density at radius 1 is 0.419 bits per heavy atom. The molecular formula is C76H84Cl2O8. The maximum Gasteiger partial charge on any atom is 0.146 e. The number of Topliss-reactive ketones (excluding diaryl/α,β-unsaturated/α-hetero) is 1. The van der Waals surface area contributed by atoms with Crippen molar-refractivity contribution < 1.29 is 38.3 Å². The number of carbonyl (C=O) groups is 1. The standard InChI is InChI=1S/C38H43ClO4.C38H41ClO4/c2*1-4-33-26(3)37(42-24-28-12-8-6-9-13-28)38(43-25-29-14-10-7-11-15-29)35(36(33)40)30-18-21-34(39)31(23-30)22-27-16-19-32(20-17-27)41-5-2/h6-21,23,26,33,35-38,40H,4-5,22,24-25H2,1-3H3;6-21,23,26,33,35,37-38H,4-5,22,24-25H2,1-3H3/t26-,33-,35-,36+,37+,38+;26-,33-,35-,37+,38+/m11/s1. The van der Waals surface area contributed by atoms with E-state index in [9.17, 15) is 9.90 Å². The average molecular weight is 1200 g/mol. The summed E-state index contributed by atoms with van der Waals surface area (Å²) in [6, 6.07) is 69.2. The molecule has 0 saturated heterocycles. The van der Waals surface area contributed by atoms with E-state index in [1.807, 2.05) is 135 Å². The first kappa shape index (κ1) is 63.9. The number of ketones is 1. The van der Waals surface area contributed by atoms with E-state index in [2.05, 4.69) is 113 Å². The van der Waals surface area contributed by atoms with Crippen LogP contribution >= 0.6 is 23.2 Å². The van der Waals surface area contributed by atoms with Crippen LogP contribution in [-0.4, -0.2) is 54.6 Å². The van der Waals surface area contributed by atoms with E-state index in [4.69, 9.17) is 51.6 Å². The molecule has 0 aromatic heterocycles. The Morgan fingerprint density at radius 2 is 0.802 bits per heavy atom. The quantitative estimate of drug-likeness (QED) is 0.0640. The lowest BCUT2D eigenvalue weighted by atomic mass is 9.66. The van der Waals surface area contributed by atoms with Gasteiger partial charge in [-0.2, -0.15) is 0 Å². The highest BCUT2D eigenvalue weighted by molar-refractivity contribution is 6.31. The van der Waals surface area contributed by atoms with Crippen LogP contribution in [0.1, 0.15) is 122 Å². The summed E-state index contributed by atoms with van der Waals surface area (Å²) in [6.45, 7) is 15.6. The third-order valence-electron chi connectivity index (χ3n) is 17.3. The van der Waals surface area contributed by atoms with Gasteiger partial charge in [-0.15, -0.1) is 0 Å². The first-order valence-corrected chi connectivity index (χ1v) is 31.6. The minimum absolute atomic E-state index is 0.00820. The van der Waals surface area contributed by atoms with Crippen LogP contribution in [0.5, 0.6) is 11.5 Å². The third-order valence-corrected chi connectivity index (χ3v) is 18.1. The summed E-state index contributed by atoms with van der Waals surface area (Å²) in [7, 11) is 0. The minimum Gasteiger partial charge on any atom is -0.494 e. The number of ether oxygens (including phenoxy) is 6. The minimum atomic E-state index is -0.586. The van der Waals surface area contributed by atoms with Gasteiger partial charge in [-0.25, -0.2) is 0 Å². The van der Waals surface area contributed by atoms with Gasteiger partial charge < -0.3 is 33.5 Å². The van der Waals surface area contributed by atoms with Crippen LogP contribution in [0.4, 0.5) is 0 Å². The van der Waals surface area contributed by atoms with E-state index in [-0.39, 0.29) is 53.7 Å². The van der Waals surface area contributed by atoms with Gasteiger partial charge in [0.05, 0.1) is 76.1 Å². The number of rotatable bonds is 24. The molecule has 8 aromatic carbocycles. The summed E-state index contributed by atoms with van der Waals surface area (Å²) < 4.78 is 38.1. The second kappa shape index (κ2) is 31.9. The number of hydrogen-bond donors (Lipinski definition) is 1. The predicted molar refractivity (Wildman–Crippen MR) is 346 cm³/mol. The zero-order valence-electron chi connectivity index (χ0n) is 50.6. The Morgan fingerprint density at radius 3 is 1.21 bits per heavy atom. The van der Waals surface area contributed by atoms with Crippen molar-refractivity contribution in [1.29, 1.82) is 0 Å². The molecule has 2 fully saturated rings. The lowest BCUT2D eigenvalue weighted by Gasteiger charge is -2.49. The van der Waals surface area contributed by atoms with Crippen molar-refractivity contribution in [2.24, 2.45) is 23.7 Å². The summed E-state index contributed by atoms with van der Waals surface area (Å²) >= 11 is 13.5. The van der Waals surface area contributed by atoms with Gasteiger partial charge in [0.1, 0.15) is 17.3 Å². The molecule has 10 heteroatoms. The molecule has 0 amide bonds. The Balaban J connectivity index is 0.000000205. The Hall–Kier alpha value is -6.59. The van der Waals surface area contributed by atoms with Crippen LogP contribution in [0.2, 0.25) is 10.0 Å². The number of aliphatic hydroxyl groups is 1. The molecule has 86 heavy (non-hydrogen) atoms. The van der Waals surface area contributed by atoms with Crippen LogP contribution in [-0.2, 0) is 63.0 Å². The van der Waals surface area contributed by atoms with E-state index < -0.39 is 18.1 Å². The molecule has 11 atom stereocenters. The Bertz CT molecular complexity index is 3310. The molecule has 2 aliphatic rings. The maximum absolute atomic E-state index is 14.3. The fraction of sp³-hybridized carbons (Fsp3) is 0.355. The van der Waals surface area contributed by atoms with E-state index in [1.54, 1.807) is 0 Å². The molecule has 0 heterocycles. The largest absolute Gasteiger partial charge is 0.494 e. The maximum atomic E-state index is 14.3. The molecule has 8 aromatic rings. The highest BCUT2D eigenvalue weighted by Crippen LogP contribution is 2.47. The van der Waals surface area contributed by atoms with Gasteiger partial charge in [-0.05, 0) is 143 Å². The number of benzene rings is 8. The fourth-order valence-corrected chi connectivity index (χ4v) is 13.2. The normalized spacial score (nSPS) is 22.8. The highest BCUT2D eigenvalue weighted by Gasteiger charge is 2.51. The number of halogens is 2. The van der Waals surface area contributed by atoms with E-state index >= 15 is 0 Å². The number of carbonyl (C=O) groups excluding carboxylic acids is 1. The van der Waals surface area contributed by atoms with E-state index in [0.29, 0.717) is 62.5 Å². The molecule has 0 bridgehead atoms. The van der Waals surface area contributed by atoms with Crippen LogP contribution in [0.25, 0.3) is 0 Å². The topological polar surface area (TPSA) is 92.7 Å². The number of aliphatic hydroxyl groups excluding tert-OH is 1. The Kier molecular flexibility index (Phi) is 23.7. The zero-order valence-corrected chi connectivity index (χ0v) is 52.1. The highest BCUT2D eigenvalue weighted by atomic mass is 35.5. The van der Waals surface area contributed by atoms with E-state index in [1.165, 1.54) is 0 Å². The van der Waals surface area contributed by atoms with Gasteiger partial charge >= 0.3 is 0 Å². The molecule has 2 aliphatic carbocycles. The molecule has 2 saturated carbocycles. The summed E-state index contributed by atoms with van der Waals surface area (Å²) in [6.07, 6.45) is 1.08. The summed E-state index contributed by atoms with van der Waals surface area (Å²) in [5.41, 5.74) is 10.6. The monoisotopic (exact) mass is 1190 g/mol. The van der Waals surface area contributed by atoms with E-state index in [0.717, 1.165) is 80.0 Å². The second-order valence-electron chi connectivity index (χ2n) is 23.0. The number of hydrogen-bond acceptors (Lipinski definition) is 8. The fourth-order valence-electron chi connectivity index (χ4n) is 12.8. The van der Waals surface area contributed by atoms with Gasteiger partial charge in [0.25, 0.3) is 0 Å². The Labute approximate surface area is 520 Å². The van der Waals surface area contributed by atoms with Gasteiger partial charge in [-0.1, -0.05) is 227 Å². The molecule has 0 radical (unpaired) electrons. The van der Waals surface area contributed by atoms with Crippen LogP contribution < -0.4 is 9.47 Å². The van der Waals surface area contributed by atoms with Crippen molar-refractivity contribution in [1.82, 2.24) is 0 Å². The summed E-state index contributed by atoms with van der Waals surface area (Å²) in [4.78, 5) is 14.3. The molecule has 10 rings (SSSR count). The van der Waals surface area contributed by atoms with Gasteiger partial charge in [0, 0.05) is 21.9 Å².